The van der Waals surface area contributed by atoms with Crippen LogP contribution in [-0.4, -0.2) is 29.9 Å². The van der Waals surface area contributed by atoms with E-state index in [1.165, 1.54) is 12.1 Å². The van der Waals surface area contributed by atoms with Crippen LogP contribution in [-0.2, 0) is 16.0 Å². The Morgan fingerprint density at radius 2 is 1.85 bits per heavy atom. The summed E-state index contributed by atoms with van der Waals surface area (Å²) in [7, 11) is 0. The van der Waals surface area contributed by atoms with Crippen molar-refractivity contribution in [3.63, 3.8) is 0 Å². The van der Waals surface area contributed by atoms with E-state index in [-0.39, 0.29) is 30.2 Å². The smallest absolute Gasteiger partial charge is 0.262 e. The summed E-state index contributed by atoms with van der Waals surface area (Å²) < 4.78 is 19.8. The topological polar surface area (TPSA) is 58.6 Å². The first-order valence-corrected chi connectivity index (χ1v) is 11.1. The van der Waals surface area contributed by atoms with Gasteiger partial charge in [-0.3, -0.25) is 9.59 Å². The van der Waals surface area contributed by atoms with Crippen molar-refractivity contribution in [2.45, 2.75) is 26.3 Å². The van der Waals surface area contributed by atoms with Crippen molar-refractivity contribution >= 4 is 17.5 Å². The lowest BCUT2D eigenvalue weighted by Gasteiger charge is -2.39. The van der Waals surface area contributed by atoms with Gasteiger partial charge in [-0.2, -0.15) is 0 Å². The summed E-state index contributed by atoms with van der Waals surface area (Å²) in [4.78, 5) is 27.1. The van der Waals surface area contributed by atoms with E-state index < -0.39 is 6.04 Å². The molecule has 1 aliphatic heterocycles. The maximum absolute atomic E-state index is 14.1. The van der Waals surface area contributed by atoms with Gasteiger partial charge in [-0.25, -0.2) is 4.39 Å². The van der Waals surface area contributed by atoms with Crippen LogP contribution in [0.3, 0.4) is 0 Å². The third kappa shape index (κ3) is 5.22. The minimum absolute atomic E-state index is 0.0171. The van der Waals surface area contributed by atoms with Crippen LogP contribution < -0.4 is 10.1 Å². The molecule has 0 radical (unpaired) electrons. The fourth-order valence-corrected chi connectivity index (χ4v) is 4.16. The summed E-state index contributed by atoms with van der Waals surface area (Å²) >= 11 is 0. The number of nitrogens with one attached hydrogen (secondary N) is 1. The van der Waals surface area contributed by atoms with Crippen molar-refractivity contribution in [3.8, 4) is 5.75 Å². The highest BCUT2D eigenvalue weighted by atomic mass is 19.1. The molecule has 1 atom stereocenters. The van der Waals surface area contributed by atoms with Gasteiger partial charge in [-0.05, 0) is 59.5 Å². The van der Waals surface area contributed by atoms with E-state index in [1.54, 1.807) is 18.2 Å². The Balaban J connectivity index is 1.59. The number of carbonyl (C=O) groups is 2. The van der Waals surface area contributed by atoms with Crippen LogP contribution in [0.4, 0.5) is 10.1 Å². The molecule has 6 heteroatoms. The zero-order valence-electron chi connectivity index (χ0n) is 18.8. The predicted molar refractivity (Wildman–Crippen MR) is 126 cm³/mol. The number of anilines is 1. The van der Waals surface area contributed by atoms with E-state index in [4.69, 9.17) is 4.74 Å². The highest BCUT2D eigenvalue weighted by molar-refractivity contribution is 5.91. The van der Waals surface area contributed by atoms with Crippen molar-refractivity contribution in [2.75, 3.05) is 18.5 Å². The third-order valence-electron chi connectivity index (χ3n) is 5.71. The Morgan fingerprint density at radius 3 is 2.58 bits per heavy atom. The first kappa shape index (κ1) is 22.5. The zero-order chi connectivity index (χ0) is 23.4. The van der Waals surface area contributed by atoms with Gasteiger partial charge in [-0.15, -0.1) is 0 Å². The zero-order valence-corrected chi connectivity index (χ0v) is 18.8. The second-order valence-corrected chi connectivity index (χ2v) is 8.46. The van der Waals surface area contributed by atoms with E-state index in [1.807, 2.05) is 61.2 Å². The molecule has 3 aromatic carbocycles. The quantitative estimate of drug-likeness (QED) is 0.581. The molecule has 5 nitrogen and oxygen atoms in total. The largest absolute Gasteiger partial charge is 0.484 e. The summed E-state index contributed by atoms with van der Waals surface area (Å²) in [5, 5.41) is 2.79. The first-order chi connectivity index (χ1) is 15.9. The number of benzene rings is 3. The Kier molecular flexibility index (Phi) is 6.73. The summed E-state index contributed by atoms with van der Waals surface area (Å²) in [6.45, 7) is 4.15. The average Bonchev–Trinajstić information content (AvgIpc) is 2.82. The molecular formula is C27H27FN2O3. The second-order valence-electron chi connectivity index (χ2n) is 8.46. The fraction of sp³-hybridized carbons (Fsp3) is 0.259. The molecule has 0 fully saturated rings. The van der Waals surface area contributed by atoms with E-state index in [0.29, 0.717) is 30.0 Å². The van der Waals surface area contributed by atoms with E-state index >= 15 is 0 Å². The van der Waals surface area contributed by atoms with Gasteiger partial charge in [0.25, 0.3) is 5.91 Å². The minimum atomic E-state index is -0.416. The third-order valence-corrected chi connectivity index (χ3v) is 5.71. The number of amides is 2. The fourth-order valence-electron chi connectivity index (χ4n) is 4.16. The van der Waals surface area contributed by atoms with Gasteiger partial charge < -0.3 is 15.0 Å². The van der Waals surface area contributed by atoms with Crippen LogP contribution in [0.25, 0.3) is 0 Å². The maximum Gasteiger partial charge on any atom is 0.262 e. The van der Waals surface area contributed by atoms with Crippen LogP contribution >= 0.6 is 0 Å². The molecular weight excluding hydrogens is 419 g/mol. The van der Waals surface area contributed by atoms with Crippen molar-refractivity contribution in [2.24, 2.45) is 5.92 Å². The standard InChI is InChI=1S/C27H27FN2O3/c1-18(2)27(32)30-14-13-19-11-12-23(33-17-25(31)29-22-9-4-3-5-10-22)16-24(19)26(30)20-7-6-8-21(28)15-20/h3-12,15-16,18,26H,13-14,17H2,1-2H3,(H,29,31). The number of ether oxygens (including phenoxy) is 1. The molecule has 1 unspecified atom stereocenters. The molecule has 0 saturated carbocycles. The van der Waals surface area contributed by atoms with E-state index in [2.05, 4.69) is 5.32 Å². The minimum Gasteiger partial charge on any atom is -0.484 e. The summed E-state index contributed by atoms with van der Waals surface area (Å²) in [6, 6.07) is 20.8. The van der Waals surface area contributed by atoms with E-state index in [9.17, 15) is 14.0 Å². The molecule has 3 aromatic rings. The van der Waals surface area contributed by atoms with Gasteiger partial charge in [-0.1, -0.05) is 50.2 Å². The number of rotatable bonds is 6. The SMILES string of the molecule is CC(C)C(=O)N1CCc2ccc(OCC(=O)Nc3ccccc3)cc2C1c1cccc(F)c1. The lowest BCUT2D eigenvalue weighted by molar-refractivity contribution is -0.136. The monoisotopic (exact) mass is 446 g/mol. The molecule has 0 spiro atoms. The summed E-state index contributed by atoms with van der Waals surface area (Å²) in [5.74, 6) is -0.247. The number of para-hydroxylation sites is 1. The molecule has 4 rings (SSSR count). The highest BCUT2D eigenvalue weighted by Crippen LogP contribution is 2.38. The molecule has 1 N–H and O–H groups in total. The van der Waals surface area contributed by atoms with Gasteiger partial charge in [0.1, 0.15) is 11.6 Å². The number of carbonyl (C=O) groups excluding carboxylic acids is 2. The van der Waals surface area contributed by atoms with Gasteiger partial charge in [0.2, 0.25) is 5.91 Å². The van der Waals surface area contributed by atoms with Gasteiger partial charge in [0, 0.05) is 18.2 Å². The lowest BCUT2D eigenvalue weighted by Crippen LogP contribution is -2.42. The van der Waals surface area contributed by atoms with Crippen molar-refractivity contribution in [1.82, 2.24) is 4.90 Å². The second kappa shape index (κ2) is 9.86. The Labute approximate surface area is 193 Å². The van der Waals surface area contributed by atoms with Crippen LogP contribution in [0, 0.1) is 11.7 Å². The molecule has 0 bridgehead atoms. The van der Waals surface area contributed by atoms with Gasteiger partial charge in [0.15, 0.2) is 6.61 Å². The normalized spacial score (nSPS) is 15.2. The number of hydrogen-bond acceptors (Lipinski definition) is 3. The molecule has 2 amide bonds. The van der Waals surface area contributed by atoms with Crippen molar-refractivity contribution in [3.05, 3.63) is 95.3 Å². The maximum atomic E-state index is 14.1. The molecule has 0 aromatic heterocycles. The van der Waals surface area contributed by atoms with E-state index in [0.717, 1.165) is 11.1 Å². The van der Waals surface area contributed by atoms with Crippen LogP contribution in [0.2, 0.25) is 0 Å². The van der Waals surface area contributed by atoms with Crippen LogP contribution in [0.5, 0.6) is 5.75 Å². The molecule has 170 valence electrons. The van der Waals surface area contributed by atoms with Crippen molar-refractivity contribution < 1.29 is 18.7 Å². The molecule has 33 heavy (non-hydrogen) atoms. The molecule has 0 aliphatic carbocycles. The summed E-state index contributed by atoms with van der Waals surface area (Å²) in [5.41, 5.74) is 3.38. The first-order valence-electron chi connectivity index (χ1n) is 11.1. The Hall–Kier alpha value is -3.67. The van der Waals surface area contributed by atoms with Crippen LogP contribution in [0.15, 0.2) is 72.8 Å². The Bertz CT molecular complexity index is 1150. The molecule has 1 aliphatic rings. The van der Waals surface area contributed by atoms with Crippen LogP contribution in [0.1, 0.15) is 36.6 Å². The number of nitrogens with zero attached hydrogens (tertiary/aromatic N) is 1. The summed E-state index contributed by atoms with van der Waals surface area (Å²) in [6.07, 6.45) is 0.703. The van der Waals surface area contributed by atoms with Crippen molar-refractivity contribution in [1.29, 1.82) is 0 Å². The lowest BCUT2D eigenvalue weighted by atomic mass is 9.87. The van der Waals surface area contributed by atoms with Gasteiger partial charge in [0.05, 0.1) is 6.04 Å². The highest BCUT2D eigenvalue weighted by Gasteiger charge is 2.33. The Morgan fingerprint density at radius 1 is 1.06 bits per heavy atom. The number of halogens is 1. The molecule has 1 heterocycles. The average molecular weight is 447 g/mol. The van der Waals surface area contributed by atoms with Gasteiger partial charge >= 0.3 is 0 Å². The molecule has 0 saturated heterocycles. The number of fused-ring (bicyclic) bond motifs is 1. The number of hydrogen-bond donors (Lipinski definition) is 1. The predicted octanol–water partition coefficient (Wildman–Crippen LogP) is 4.97.